The highest BCUT2D eigenvalue weighted by Crippen LogP contribution is 2.26. The third-order valence-corrected chi connectivity index (χ3v) is 3.66. The Kier molecular flexibility index (Phi) is 6.08. The maximum absolute atomic E-state index is 6.21. The molecule has 0 bridgehead atoms. The molecule has 0 aliphatic rings. The lowest BCUT2D eigenvalue weighted by molar-refractivity contribution is 0.192. The van der Waals surface area contributed by atoms with E-state index in [0.29, 0.717) is 0 Å². The van der Waals surface area contributed by atoms with Crippen LogP contribution in [0.4, 0.5) is 0 Å². The van der Waals surface area contributed by atoms with Crippen molar-refractivity contribution >= 4 is 0 Å². The van der Waals surface area contributed by atoms with Crippen molar-refractivity contribution in [2.24, 2.45) is 0 Å². The van der Waals surface area contributed by atoms with Gasteiger partial charge >= 0.3 is 0 Å². The quantitative estimate of drug-likeness (QED) is 0.443. The van der Waals surface area contributed by atoms with Gasteiger partial charge in [-0.25, -0.2) is 0 Å². The van der Waals surface area contributed by atoms with E-state index in [1.807, 2.05) is 12.1 Å². The predicted octanol–water partition coefficient (Wildman–Crippen LogP) is 5.73. The van der Waals surface area contributed by atoms with Gasteiger partial charge in [-0.1, -0.05) is 55.5 Å². The smallest absolute Gasteiger partial charge is 0.124 e. The summed E-state index contributed by atoms with van der Waals surface area (Å²) in [7, 11) is 0. The van der Waals surface area contributed by atoms with Crippen molar-refractivity contribution in [1.29, 1.82) is 0 Å². The molecule has 0 aliphatic heterocycles. The van der Waals surface area contributed by atoms with Crippen LogP contribution in [0.5, 0.6) is 5.75 Å². The molecule has 0 heterocycles. The van der Waals surface area contributed by atoms with E-state index >= 15 is 0 Å². The van der Waals surface area contributed by atoms with Crippen LogP contribution in [0.2, 0.25) is 0 Å². The second kappa shape index (κ2) is 8.31. The SMILES string of the molecule is C=CCCCC(Oc1ccc(CC)cc1)c1ccccc1. The molecule has 0 saturated carbocycles. The lowest BCUT2D eigenvalue weighted by Crippen LogP contribution is -2.07. The van der Waals surface area contributed by atoms with Gasteiger partial charge in [0.25, 0.3) is 0 Å². The lowest BCUT2D eigenvalue weighted by Gasteiger charge is -2.19. The summed E-state index contributed by atoms with van der Waals surface area (Å²) in [6.45, 7) is 5.96. The monoisotopic (exact) mass is 280 g/mol. The van der Waals surface area contributed by atoms with Gasteiger partial charge in [0.1, 0.15) is 11.9 Å². The lowest BCUT2D eigenvalue weighted by atomic mass is 10.0. The normalized spacial score (nSPS) is 11.9. The fraction of sp³-hybridized carbons (Fsp3) is 0.300. The molecule has 2 aromatic carbocycles. The molecule has 110 valence electrons. The largest absolute Gasteiger partial charge is 0.486 e. The molecule has 0 aliphatic carbocycles. The molecule has 1 atom stereocenters. The molecule has 2 rings (SSSR count). The van der Waals surface area contributed by atoms with Crippen LogP contribution in [-0.4, -0.2) is 0 Å². The summed E-state index contributed by atoms with van der Waals surface area (Å²) in [6, 6.07) is 18.9. The van der Waals surface area contributed by atoms with Gasteiger partial charge in [-0.3, -0.25) is 0 Å². The zero-order valence-electron chi connectivity index (χ0n) is 12.8. The number of unbranched alkanes of at least 4 members (excludes halogenated alkanes) is 1. The van der Waals surface area contributed by atoms with E-state index in [0.717, 1.165) is 31.4 Å². The molecule has 1 unspecified atom stereocenters. The van der Waals surface area contributed by atoms with Gasteiger partial charge in [0.05, 0.1) is 0 Å². The van der Waals surface area contributed by atoms with Crippen molar-refractivity contribution in [2.75, 3.05) is 0 Å². The van der Waals surface area contributed by atoms with Crippen LogP contribution in [-0.2, 0) is 6.42 Å². The minimum atomic E-state index is 0.110. The third-order valence-electron chi connectivity index (χ3n) is 3.66. The highest BCUT2D eigenvalue weighted by molar-refractivity contribution is 5.28. The van der Waals surface area contributed by atoms with Crippen LogP contribution in [0.25, 0.3) is 0 Å². The van der Waals surface area contributed by atoms with E-state index < -0.39 is 0 Å². The topological polar surface area (TPSA) is 9.23 Å². The highest BCUT2D eigenvalue weighted by Gasteiger charge is 2.12. The average Bonchev–Trinajstić information content (AvgIpc) is 2.55. The van der Waals surface area contributed by atoms with Crippen LogP contribution in [0.3, 0.4) is 0 Å². The zero-order valence-corrected chi connectivity index (χ0v) is 12.8. The molecule has 1 heteroatoms. The summed E-state index contributed by atoms with van der Waals surface area (Å²) in [4.78, 5) is 0. The Hall–Kier alpha value is -2.02. The minimum Gasteiger partial charge on any atom is -0.486 e. The summed E-state index contributed by atoms with van der Waals surface area (Å²) >= 11 is 0. The van der Waals surface area contributed by atoms with Crippen LogP contribution >= 0.6 is 0 Å². The molecular formula is C20H24O. The van der Waals surface area contributed by atoms with E-state index in [9.17, 15) is 0 Å². The van der Waals surface area contributed by atoms with Gasteiger partial charge in [-0.2, -0.15) is 0 Å². The second-order valence-corrected chi connectivity index (χ2v) is 5.23. The maximum atomic E-state index is 6.21. The van der Waals surface area contributed by atoms with Crippen molar-refractivity contribution in [2.45, 2.75) is 38.7 Å². The Morgan fingerprint density at radius 2 is 1.76 bits per heavy atom. The first-order chi connectivity index (χ1) is 10.3. The van der Waals surface area contributed by atoms with Gasteiger partial charge in [-0.15, -0.1) is 6.58 Å². The summed E-state index contributed by atoms with van der Waals surface area (Å²) in [5.74, 6) is 0.944. The first-order valence-electron chi connectivity index (χ1n) is 7.75. The predicted molar refractivity (Wildman–Crippen MR) is 89.7 cm³/mol. The Morgan fingerprint density at radius 1 is 1.05 bits per heavy atom. The molecule has 0 spiro atoms. The molecule has 0 aromatic heterocycles. The molecule has 1 nitrogen and oxygen atoms in total. The number of aryl methyl sites for hydroxylation is 1. The van der Waals surface area contributed by atoms with E-state index in [1.54, 1.807) is 0 Å². The molecule has 2 aromatic rings. The number of hydrogen-bond acceptors (Lipinski definition) is 1. The Bertz CT molecular complexity index is 528. The van der Waals surface area contributed by atoms with Crippen LogP contribution in [0, 0.1) is 0 Å². The van der Waals surface area contributed by atoms with Crippen molar-refractivity contribution in [3.63, 3.8) is 0 Å². The van der Waals surface area contributed by atoms with Gasteiger partial charge in [0.2, 0.25) is 0 Å². The van der Waals surface area contributed by atoms with Gasteiger partial charge < -0.3 is 4.74 Å². The average molecular weight is 280 g/mol. The van der Waals surface area contributed by atoms with Crippen molar-refractivity contribution in [3.05, 3.63) is 78.4 Å². The highest BCUT2D eigenvalue weighted by atomic mass is 16.5. The maximum Gasteiger partial charge on any atom is 0.124 e. The number of allylic oxidation sites excluding steroid dienone is 1. The number of ether oxygens (including phenoxy) is 1. The Morgan fingerprint density at radius 3 is 2.38 bits per heavy atom. The zero-order chi connectivity index (χ0) is 14.9. The first kappa shape index (κ1) is 15.4. The van der Waals surface area contributed by atoms with Crippen molar-refractivity contribution in [1.82, 2.24) is 0 Å². The molecule has 0 radical (unpaired) electrons. The molecule has 0 N–H and O–H groups in total. The summed E-state index contributed by atoms with van der Waals surface area (Å²) in [6.07, 6.45) is 6.27. The Balaban J connectivity index is 2.08. The van der Waals surface area contributed by atoms with Gasteiger partial charge in [0.15, 0.2) is 0 Å². The molecule has 0 amide bonds. The minimum absolute atomic E-state index is 0.110. The van der Waals surface area contributed by atoms with Gasteiger partial charge in [-0.05, 0) is 48.9 Å². The van der Waals surface area contributed by atoms with E-state index in [-0.39, 0.29) is 6.10 Å². The number of hydrogen-bond donors (Lipinski definition) is 0. The third kappa shape index (κ3) is 4.78. The molecule has 0 fully saturated rings. The number of rotatable bonds is 8. The summed E-state index contributed by atoms with van der Waals surface area (Å²) in [5, 5.41) is 0. The van der Waals surface area contributed by atoms with Gasteiger partial charge in [0, 0.05) is 0 Å². The van der Waals surface area contributed by atoms with Crippen LogP contribution in [0.15, 0.2) is 67.3 Å². The Labute approximate surface area is 128 Å². The number of benzene rings is 2. The van der Waals surface area contributed by atoms with E-state index in [2.05, 4.69) is 62.0 Å². The fourth-order valence-electron chi connectivity index (χ4n) is 2.38. The van der Waals surface area contributed by atoms with E-state index in [4.69, 9.17) is 4.74 Å². The first-order valence-corrected chi connectivity index (χ1v) is 7.75. The fourth-order valence-corrected chi connectivity index (χ4v) is 2.38. The molecule has 0 saturated heterocycles. The summed E-state index contributed by atoms with van der Waals surface area (Å²) in [5.41, 5.74) is 2.58. The van der Waals surface area contributed by atoms with Crippen molar-refractivity contribution < 1.29 is 4.74 Å². The van der Waals surface area contributed by atoms with Crippen LogP contribution in [0.1, 0.15) is 43.4 Å². The molecular weight excluding hydrogens is 256 g/mol. The van der Waals surface area contributed by atoms with Crippen LogP contribution < -0.4 is 4.74 Å². The van der Waals surface area contributed by atoms with Crippen molar-refractivity contribution in [3.8, 4) is 5.75 Å². The van der Waals surface area contributed by atoms with E-state index in [1.165, 1.54) is 11.1 Å². The second-order valence-electron chi connectivity index (χ2n) is 5.23. The molecule has 21 heavy (non-hydrogen) atoms. The standard InChI is InChI=1S/C20H24O/c1-3-5-7-12-20(18-10-8-6-9-11-18)21-19-15-13-17(4-2)14-16-19/h3,6,8-11,13-16,20H,1,4-5,7,12H2,2H3. The summed E-state index contributed by atoms with van der Waals surface area (Å²) < 4.78 is 6.21.